The largest absolute Gasteiger partial charge is 0.309 e. The van der Waals surface area contributed by atoms with Gasteiger partial charge in [0.05, 0.1) is 0 Å². The number of rotatable bonds is 6. The van der Waals surface area contributed by atoms with Gasteiger partial charge in [0.2, 0.25) is 0 Å². The molecule has 0 aliphatic carbocycles. The third-order valence-electron chi connectivity index (χ3n) is 3.67. The maximum absolute atomic E-state index is 3.73. The van der Waals surface area contributed by atoms with Gasteiger partial charge in [-0.2, -0.15) is 0 Å². The van der Waals surface area contributed by atoms with E-state index in [0.29, 0.717) is 12.0 Å². The molecule has 0 spiro atoms. The Bertz CT molecular complexity index is 589. The highest BCUT2D eigenvalue weighted by Crippen LogP contribution is 2.38. The second-order valence-corrected chi connectivity index (χ2v) is 7.72. The number of benzene rings is 1. The van der Waals surface area contributed by atoms with Crippen LogP contribution in [-0.4, -0.2) is 6.54 Å². The lowest BCUT2D eigenvalue weighted by atomic mass is 10.0. The van der Waals surface area contributed by atoms with Gasteiger partial charge in [-0.3, -0.25) is 0 Å². The summed E-state index contributed by atoms with van der Waals surface area (Å²) in [7, 11) is 0. The molecule has 0 bridgehead atoms. The van der Waals surface area contributed by atoms with E-state index in [9.17, 15) is 0 Å². The second-order valence-electron chi connectivity index (χ2n) is 5.81. The predicted octanol–water partition coefficient (Wildman–Crippen LogP) is 6.18. The Labute approximate surface area is 140 Å². The third-order valence-corrected chi connectivity index (χ3v) is 5.93. The molecule has 114 valence electrons. The van der Waals surface area contributed by atoms with Crippen molar-refractivity contribution in [3.05, 3.63) is 45.2 Å². The van der Waals surface area contributed by atoms with Crippen molar-refractivity contribution in [1.82, 2.24) is 5.32 Å². The summed E-state index contributed by atoms with van der Waals surface area (Å²) < 4.78 is 1.21. The van der Waals surface area contributed by atoms with Gasteiger partial charge in [0.25, 0.3) is 0 Å². The molecule has 21 heavy (non-hydrogen) atoms. The van der Waals surface area contributed by atoms with Crippen LogP contribution in [0.1, 0.15) is 43.7 Å². The van der Waals surface area contributed by atoms with Gasteiger partial charge in [-0.15, -0.1) is 11.3 Å². The molecule has 0 amide bonds. The van der Waals surface area contributed by atoms with E-state index >= 15 is 0 Å². The van der Waals surface area contributed by atoms with Crippen LogP contribution in [0.3, 0.4) is 0 Å². The van der Waals surface area contributed by atoms with E-state index in [2.05, 4.69) is 79.3 Å². The fraction of sp³-hybridized carbons (Fsp3) is 0.444. The number of thiophene rings is 1. The lowest BCUT2D eigenvalue weighted by Gasteiger charge is -2.21. The summed E-state index contributed by atoms with van der Waals surface area (Å²) in [4.78, 5) is 2.77. The number of hydrogen-bond donors (Lipinski definition) is 1. The molecule has 1 aromatic carbocycles. The van der Waals surface area contributed by atoms with Crippen LogP contribution in [-0.2, 0) is 0 Å². The van der Waals surface area contributed by atoms with Gasteiger partial charge in [0.1, 0.15) is 0 Å². The van der Waals surface area contributed by atoms with E-state index in [0.717, 1.165) is 6.54 Å². The van der Waals surface area contributed by atoms with Crippen molar-refractivity contribution >= 4 is 27.3 Å². The van der Waals surface area contributed by atoms with Crippen LogP contribution in [0.15, 0.2) is 34.8 Å². The van der Waals surface area contributed by atoms with Gasteiger partial charge in [0, 0.05) is 25.8 Å². The Morgan fingerprint density at radius 2 is 1.95 bits per heavy atom. The number of nitrogens with one attached hydrogen (secondary N) is 1. The van der Waals surface area contributed by atoms with Gasteiger partial charge < -0.3 is 5.32 Å². The Hall–Kier alpha value is -0.640. The molecular formula is C18H24BrNS. The number of hydrogen-bond acceptors (Lipinski definition) is 2. The van der Waals surface area contributed by atoms with Gasteiger partial charge in [-0.05, 0) is 59.4 Å². The van der Waals surface area contributed by atoms with E-state index in [1.807, 2.05) is 11.3 Å². The predicted molar refractivity (Wildman–Crippen MR) is 98.1 cm³/mol. The van der Waals surface area contributed by atoms with Crippen molar-refractivity contribution in [1.29, 1.82) is 0 Å². The van der Waals surface area contributed by atoms with E-state index in [4.69, 9.17) is 0 Å². The summed E-state index contributed by atoms with van der Waals surface area (Å²) in [5.41, 5.74) is 2.58. The number of halogens is 1. The van der Waals surface area contributed by atoms with E-state index < -0.39 is 0 Å². The first-order valence-electron chi connectivity index (χ1n) is 7.63. The molecule has 1 aromatic heterocycles. The summed E-state index contributed by atoms with van der Waals surface area (Å²) in [5, 5.41) is 3.67. The minimum Gasteiger partial charge on any atom is -0.309 e. The van der Waals surface area contributed by atoms with E-state index in [1.54, 1.807) is 0 Å². The fourth-order valence-electron chi connectivity index (χ4n) is 2.47. The van der Waals surface area contributed by atoms with Crippen LogP contribution in [0.4, 0.5) is 0 Å². The third kappa shape index (κ3) is 3.97. The van der Waals surface area contributed by atoms with Crippen molar-refractivity contribution in [2.75, 3.05) is 6.54 Å². The van der Waals surface area contributed by atoms with Crippen LogP contribution in [0, 0.1) is 12.8 Å². The Morgan fingerprint density at radius 1 is 1.19 bits per heavy atom. The quantitative estimate of drug-likeness (QED) is 0.643. The topological polar surface area (TPSA) is 12.0 Å². The van der Waals surface area contributed by atoms with Gasteiger partial charge in [-0.25, -0.2) is 0 Å². The molecule has 0 aliphatic heterocycles. The lowest BCUT2D eigenvalue weighted by molar-refractivity contribution is 0.418. The fourth-order valence-corrected chi connectivity index (χ4v) is 4.36. The smallest absolute Gasteiger partial charge is 0.0438 e. The molecule has 2 rings (SSSR count). The standard InChI is InChI=1S/C18H24BrNS/c1-5-11-20-18(12(2)3)16-10-9-15(21-16)14-8-6-7-13(4)17(14)19/h6-10,12,18,20H,5,11H2,1-4H3. The first kappa shape index (κ1) is 16.7. The summed E-state index contributed by atoms with van der Waals surface area (Å²) in [6, 6.07) is 11.4. The minimum atomic E-state index is 0.451. The molecular weight excluding hydrogens is 342 g/mol. The zero-order chi connectivity index (χ0) is 15.4. The maximum atomic E-state index is 3.73. The molecule has 1 heterocycles. The van der Waals surface area contributed by atoms with Crippen LogP contribution in [0.25, 0.3) is 10.4 Å². The van der Waals surface area contributed by atoms with Crippen LogP contribution >= 0.6 is 27.3 Å². The molecule has 2 aromatic rings. The van der Waals surface area contributed by atoms with Crippen LogP contribution in [0.2, 0.25) is 0 Å². The lowest BCUT2D eigenvalue weighted by Crippen LogP contribution is -2.25. The highest BCUT2D eigenvalue weighted by atomic mass is 79.9. The van der Waals surface area contributed by atoms with Crippen molar-refractivity contribution in [3.63, 3.8) is 0 Å². The van der Waals surface area contributed by atoms with Gasteiger partial charge in [0.15, 0.2) is 0 Å². The van der Waals surface area contributed by atoms with Crippen molar-refractivity contribution in [2.24, 2.45) is 5.92 Å². The molecule has 0 saturated carbocycles. The molecule has 1 N–H and O–H groups in total. The van der Waals surface area contributed by atoms with Crippen molar-refractivity contribution in [3.8, 4) is 10.4 Å². The first-order chi connectivity index (χ1) is 10.0. The van der Waals surface area contributed by atoms with Crippen molar-refractivity contribution in [2.45, 2.75) is 40.2 Å². The summed E-state index contributed by atoms with van der Waals surface area (Å²) in [5.74, 6) is 0.601. The highest BCUT2D eigenvalue weighted by molar-refractivity contribution is 9.10. The molecule has 0 aliphatic rings. The molecule has 1 atom stereocenters. The SMILES string of the molecule is CCCNC(c1ccc(-c2cccc(C)c2Br)s1)C(C)C. The monoisotopic (exact) mass is 365 g/mol. The first-order valence-corrected chi connectivity index (χ1v) is 9.24. The zero-order valence-corrected chi connectivity index (χ0v) is 15.6. The van der Waals surface area contributed by atoms with Crippen LogP contribution in [0.5, 0.6) is 0 Å². The van der Waals surface area contributed by atoms with Crippen molar-refractivity contribution < 1.29 is 0 Å². The van der Waals surface area contributed by atoms with Crippen LogP contribution < -0.4 is 5.32 Å². The molecule has 1 nitrogen and oxygen atoms in total. The summed E-state index contributed by atoms with van der Waals surface area (Å²) in [6.07, 6.45) is 1.17. The molecule has 0 fully saturated rings. The Balaban J connectivity index is 2.29. The van der Waals surface area contributed by atoms with Gasteiger partial charge in [-0.1, -0.05) is 39.0 Å². The minimum absolute atomic E-state index is 0.451. The van der Waals surface area contributed by atoms with Gasteiger partial charge >= 0.3 is 0 Å². The number of aryl methyl sites for hydroxylation is 1. The zero-order valence-electron chi connectivity index (χ0n) is 13.2. The molecule has 3 heteroatoms. The summed E-state index contributed by atoms with van der Waals surface area (Å²) >= 11 is 5.63. The Kier molecular flexibility index (Phi) is 6.03. The summed E-state index contributed by atoms with van der Waals surface area (Å²) in [6.45, 7) is 10.0. The van der Waals surface area contributed by atoms with E-state index in [-0.39, 0.29) is 0 Å². The average Bonchev–Trinajstić information content (AvgIpc) is 2.91. The maximum Gasteiger partial charge on any atom is 0.0438 e. The average molecular weight is 366 g/mol. The molecule has 0 saturated heterocycles. The molecule has 1 unspecified atom stereocenters. The van der Waals surface area contributed by atoms with E-state index in [1.165, 1.54) is 31.8 Å². The second kappa shape index (κ2) is 7.57. The highest BCUT2D eigenvalue weighted by Gasteiger charge is 2.18. The molecule has 0 radical (unpaired) electrons. The normalized spacial score (nSPS) is 12.9. The Morgan fingerprint density at radius 3 is 2.62 bits per heavy atom.